The van der Waals surface area contributed by atoms with Gasteiger partial charge in [0.2, 0.25) is 5.91 Å². The Morgan fingerprint density at radius 1 is 1.26 bits per heavy atom. The van der Waals surface area contributed by atoms with Gasteiger partial charge < -0.3 is 15.3 Å². The first-order valence-electron chi connectivity index (χ1n) is 9.49. The van der Waals surface area contributed by atoms with Crippen molar-refractivity contribution in [3.63, 3.8) is 0 Å². The molecule has 2 N–H and O–H groups in total. The lowest BCUT2D eigenvalue weighted by atomic mass is 9.99. The number of benzene rings is 1. The Kier molecular flexibility index (Phi) is 6.76. The molecule has 1 atom stereocenters. The quantitative estimate of drug-likeness (QED) is 0.786. The molecule has 1 unspecified atom stereocenters. The van der Waals surface area contributed by atoms with Gasteiger partial charge in [0.1, 0.15) is 11.6 Å². The van der Waals surface area contributed by atoms with Crippen molar-refractivity contribution < 1.29 is 14.3 Å². The molecule has 1 aliphatic heterocycles. The van der Waals surface area contributed by atoms with Gasteiger partial charge in [0.05, 0.1) is 6.42 Å². The number of carbonyl (C=O) groups excluding carboxylic acids is 1. The number of nitrogens with one attached hydrogen (secondary N) is 1. The Balaban J connectivity index is 1.53. The van der Waals surface area contributed by atoms with Crippen LogP contribution in [0.1, 0.15) is 36.8 Å². The van der Waals surface area contributed by atoms with Crippen LogP contribution in [0.25, 0.3) is 0 Å². The molecular formula is C21H26FN3O2. The van der Waals surface area contributed by atoms with Crippen molar-refractivity contribution >= 4 is 11.7 Å². The van der Waals surface area contributed by atoms with Crippen LogP contribution in [-0.4, -0.2) is 35.2 Å². The largest absolute Gasteiger partial charge is 0.396 e. The number of aromatic nitrogens is 1. The summed E-state index contributed by atoms with van der Waals surface area (Å²) in [6.07, 6.45) is 6.11. The summed E-state index contributed by atoms with van der Waals surface area (Å²) in [6.45, 7) is 1.54. The zero-order valence-corrected chi connectivity index (χ0v) is 15.4. The number of amides is 1. The van der Waals surface area contributed by atoms with E-state index in [-0.39, 0.29) is 24.8 Å². The second kappa shape index (κ2) is 9.46. The summed E-state index contributed by atoms with van der Waals surface area (Å²) in [5.74, 6) is 0.434. The normalized spacial score (nSPS) is 17.0. The number of nitrogens with zero attached hydrogens (tertiary/aromatic N) is 2. The molecule has 27 heavy (non-hydrogen) atoms. The number of aliphatic hydroxyl groups excluding tert-OH is 1. The smallest absolute Gasteiger partial charge is 0.224 e. The Morgan fingerprint density at radius 3 is 2.89 bits per heavy atom. The first-order chi connectivity index (χ1) is 13.2. The molecule has 0 radical (unpaired) electrons. The van der Waals surface area contributed by atoms with Gasteiger partial charge in [-0.2, -0.15) is 0 Å². The summed E-state index contributed by atoms with van der Waals surface area (Å²) in [4.78, 5) is 18.9. The molecule has 1 aromatic carbocycles. The van der Waals surface area contributed by atoms with Crippen LogP contribution in [-0.2, 0) is 17.8 Å². The summed E-state index contributed by atoms with van der Waals surface area (Å²) in [6, 6.07) is 10.4. The summed E-state index contributed by atoms with van der Waals surface area (Å²) in [5, 5.41) is 12.1. The van der Waals surface area contributed by atoms with Crippen molar-refractivity contribution in [2.45, 2.75) is 44.7 Å². The number of rotatable bonds is 7. The fraction of sp³-hybridized carbons (Fsp3) is 0.429. The Labute approximate surface area is 159 Å². The van der Waals surface area contributed by atoms with Gasteiger partial charge in [-0.1, -0.05) is 18.2 Å². The number of pyridine rings is 1. The minimum atomic E-state index is -0.336. The molecule has 0 aliphatic carbocycles. The number of anilines is 1. The monoisotopic (exact) mass is 371 g/mol. The van der Waals surface area contributed by atoms with Gasteiger partial charge in [-0.05, 0) is 55.0 Å². The SMILES string of the molecule is O=C(Cc1cccc(F)c1)NCc1ccc(N2CCCCC2CCO)nc1. The van der Waals surface area contributed by atoms with Gasteiger partial charge in [0, 0.05) is 31.9 Å². The number of piperidine rings is 1. The van der Waals surface area contributed by atoms with Crippen LogP contribution >= 0.6 is 0 Å². The fourth-order valence-corrected chi connectivity index (χ4v) is 3.54. The van der Waals surface area contributed by atoms with E-state index in [4.69, 9.17) is 0 Å². The molecule has 1 aliphatic rings. The van der Waals surface area contributed by atoms with Crippen molar-refractivity contribution in [2.75, 3.05) is 18.1 Å². The molecule has 1 fully saturated rings. The first-order valence-corrected chi connectivity index (χ1v) is 9.49. The van der Waals surface area contributed by atoms with Crippen LogP contribution in [0.2, 0.25) is 0 Å². The van der Waals surface area contributed by atoms with Crippen LogP contribution in [0.15, 0.2) is 42.6 Å². The van der Waals surface area contributed by atoms with Gasteiger partial charge in [-0.25, -0.2) is 9.37 Å². The molecule has 0 bridgehead atoms. The first kappa shape index (κ1) is 19.3. The average Bonchev–Trinajstić information content (AvgIpc) is 2.68. The van der Waals surface area contributed by atoms with E-state index in [9.17, 15) is 14.3 Å². The fourth-order valence-electron chi connectivity index (χ4n) is 3.54. The van der Waals surface area contributed by atoms with Gasteiger partial charge >= 0.3 is 0 Å². The second-order valence-electron chi connectivity index (χ2n) is 6.96. The maximum atomic E-state index is 13.2. The molecule has 1 amide bonds. The third-order valence-electron chi connectivity index (χ3n) is 4.94. The molecule has 0 saturated carbocycles. The van der Waals surface area contributed by atoms with Crippen LogP contribution < -0.4 is 10.2 Å². The van der Waals surface area contributed by atoms with Crippen molar-refractivity contribution in [3.8, 4) is 0 Å². The standard InChI is InChI=1S/C21H26FN3O2/c22-18-5-3-4-16(12-18)13-21(27)24-15-17-7-8-20(23-14-17)25-10-2-1-6-19(25)9-11-26/h3-5,7-8,12,14,19,26H,1-2,6,9-11,13,15H2,(H,24,27). The van der Waals surface area contributed by atoms with E-state index in [0.29, 0.717) is 18.2 Å². The van der Waals surface area contributed by atoms with E-state index in [0.717, 1.165) is 37.2 Å². The van der Waals surface area contributed by atoms with Crippen LogP contribution in [0, 0.1) is 5.82 Å². The van der Waals surface area contributed by atoms with Crippen LogP contribution in [0.3, 0.4) is 0 Å². The predicted molar refractivity (Wildman–Crippen MR) is 103 cm³/mol. The van der Waals surface area contributed by atoms with E-state index in [2.05, 4.69) is 15.2 Å². The molecule has 1 aromatic heterocycles. The summed E-state index contributed by atoms with van der Waals surface area (Å²) < 4.78 is 13.2. The zero-order valence-electron chi connectivity index (χ0n) is 15.4. The Morgan fingerprint density at radius 2 is 2.15 bits per heavy atom. The molecule has 2 heterocycles. The highest BCUT2D eigenvalue weighted by molar-refractivity contribution is 5.78. The van der Waals surface area contributed by atoms with Gasteiger partial charge in [0.15, 0.2) is 0 Å². The third-order valence-corrected chi connectivity index (χ3v) is 4.94. The van der Waals surface area contributed by atoms with E-state index < -0.39 is 0 Å². The minimum Gasteiger partial charge on any atom is -0.396 e. The molecule has 0 spiro atoms. The Bertz CT molecular complexity index is 749. The Hall–Kier alpha value is -2.47. The highest BCUT2D eigenvalue weighted by Gasteiger charge is 2.22. The molecule has 1 saturated heterocycles. The minimum absolute atomic E-state index is 0.149. The van der Waals surface area contributed by atoms with Crippen molar-refractivity contribution in [2.24, 2.45) is 0 Å². The number of carbonyl (C=O) groups is 1. The summed E-state index contributed by atoms with van der Waals surface area (Å²) >= 11 is 0. The molecule has 3 rings (SSSR count). The molecule has 2 aromatic rings. The lowest BCUT2D eigenvalue weighted by molar-refractivity contribution is -0.120. The molecule has 5 nitrogen and oxygen atoms in total. The van der Waals surface area contributed by atoms with Gasteiger partial charge in [-0.15, -0.1) is 0 Å². The van der Waals surface area contributed by atoms with Gasteiger partial charge in [0.25, 0.3) is 0 Å². The second-order valence-corrected chi connectivity index (χ2v) is 6.96. The van der Waals surface area contributed by atoms with Crippen molar-refractivity contribution in [1.29, 1.82) is 0 Å². The third kappa shape index (κ3) is 5.50. The molecular weight excluding hydrogens is 345 g/mol. The number of aliphatic hydroxyl groups is 1. The topological polar surface area (TPSA) is 65.5 Å². The van der Waals surface area contributed by atoms with Crippen molar-refractivity contribution in [1.82, 2.24) is 10.3 Å². The summed E-state index contributed by atoms with van der Waals surface area (Å²) in [5.41, 5.74) is 1.57. The highest BCUT2D eigenvalue weighted by atomic mass is 19.1. The molecule has 144 valence electrons. The highest BCUT2D eigenvalue weighted by Crippen LogP contribution is 2.25. The van der Waals surface area contributed by atoms with E-state index in [1.807, 2.05) is 12.1 Å². The average molecular weight is 371 g/mol. The van der Waals surface area contributed by atoms with Crippen molar-refractivity contribution in [3.05, 3.63) is 59.5 Å². The van der Waals surface area contributed by atoms with E-state index in [1.165, 1.54) is 18.6 Å². The maximum absolute atomic E-state index is 13.2. The van der Waals surface area contributed by atoms with Crippen LogP contribution in [0.5, 0.6) is 0 Å². The molecule has 6 heteroatoms. The zero-order chi connectivity index (χ0) is 19.1. The van der Waals surface area contributed by atoms with E-state index in [1.54, 1.807) is 18.3 Å². The van der Waals surface area contributed by atoms with Gasteiger partial charge in [-0.3, -0.25) is 4.79 Å². The lowest BCUT2D eigenvalue weighted by Crippen LogP contribution is -2.40. The summed E-state index contributed by atoms with van der Waals surface area (Å²) in [7, 11) is 0. The number of hydrogen-bond acceptors (Lipinski definition) is 4. The maximum Gasteiger partial charge on any atom is 0.224 e. The van der Waals surface area contributed by atoms with Crippen LogP contribution in [0.4, 0.5) is 10.2 Å². The predicted octanol–water partition coefficient (Wildman–Crippen LogP) is 2.82. The lowest BCUT2D eigenvalue weighted by Gasteiger charge is -2.36. The number of hydrogen-bond donors (Lipinski definition) is 2. The van der Waals surface area contributed by atoms with E-state index >= 15 is 0 Å². The number of halogens is 1.